The lowest BCUT2D eigenvalue weighted by atomic mass is 10.0. The minimum absolute atomic E-state index is 0.213. The number of rotatable bonds is 9. The van der Waals surface area contributed by atoms with E-state index in [-0.39, 0.29) is 5.97 Å². The average Bonchev–Trinajstić information content (AvgIpc) is 2.45. The molecule has 20 heavy (non-hydrogen) atoms. The van der Waals surface area contributed by atoms with Crippen LogP contribution in [-0.4, -0.2) is 12.6 Å². The Kier molecular flexibility index (Phi) is 8.44. The molecule has 2 heteroatoms. The molecule has 1 rings (SSSR count). The van der Waals surface area contributed by atoms with E-state index < -0.39 is 0 Å². The number of carbonyl (C=O) groups is 1. The van der Waals surface area contributed by atoms with E-state index in [0.717, 1.165) is 12.8 Å². The van der Waals surface area contributed by atoms with E-state index in [9.17, 15) is 4.79 Å². The summed E-state index contributed by atoms with van der Waals surface area (Å²) >= 11 is 0. The van der Waals surface area contributed by atoms with E-state index in [2.05, 4.69) is 25.1 Å². The van der Waals surface area contributed by atoms with Crippen LogP contribution in [0.25, 0.3) is 0 Å². The number of carbonyl (C=O) groups excluding carboxylic acids is 1. The Balaban J connectivity index is 2.50. The molecule has 0 aliphatic carbocycles. The van der Waals surface area contributed by atoms with Crippen LogP contribution in [0.4, 0.5) is 0 Å². The summed E-state index contributed by atoms with van der Waals surface area (Å²) in [6, 6.07) is 10.3. The zero-order valence-corrected chi connectivity index (χ0v) is 12.7. The first-order valence-electron chi connectivity index (χ1n) is 7.57. The van der Waals surface area contributed by atoms with Crippen LogP contribution >= 0.6 is 0 Å². The first kappa shape index (κ1) is 16.5. The lowest BCUT2D eigenvalue weighted by Crippen LogP contribution is -2.05. The van der Waals surface area contributed by atoms with Crippen molar-refractivity contribution in [3.63, 3.8) is 0 Å². The van der Waals surface area contributed by atoms with Gasteiger partial charge in [0, 0.05) is 6.92 Å². The number of esters is 1. The molecule has 0 aliphatic rings. The summed E-state index contributed by atoms with van der Waals surface area (Å²) in [5, 5.41) is 0. The summed E-state index contributed by atoms with van der Waals surface area (Å²) in [5.41, 5.74) is 2.46. The van der Waals surface area contributed by atoms with Crippen molar-refractivity contribution in [2.24, 2.45) is 0 Å². The van der Waals surface area contributed by atoms with Gasteiger partial charge in [0.25, 0.3) is 0 Å². The van der Waals surface area contributed by atoms with E-state index in [0.29, 0.717) is 6.61 Å². The van der Waals surface area contributed by atoms with Crippen molar-refractivity contribution in [3.05, 3.63) is 47.5 Å². The molecule has 0 heterocycles. The molecule has 0 radical (unpaired) electrons. The van der Waals surface area contributed by atoms with Crippen LogP contribution in [0.1, 0.15) is 51.5 Å². The summed E-state index contributed by atoms with van der Waals surface area (Å²) in [6.45, 7) is 4.09. The van der Waals surface area contributed by atoms with Gasteiger partial charge in [-0.05, 0) is 30.4 Å². The van der Waals surface area contributed by atoms with E-state index in [1.165, 1.54) is 43.7 Å². The van der Waals surface area contributed by atoms with Gasteiger partial charge in [-0.1, -0.05) is 62.6 Å². The fourth-order valence-corrected chi connectivity index (χ4v) is 2.11. The highest BCUT2D eigenvalue weighted by Gasteiger charge is 2.02. The SMILES string of the molecule is CCCCCC/C=C(/COC(C)=O)Cc1ccccc1. The third-order valence-electron chi connectivity index (χ3n) is 3.23. The van der Waals surface area contributed by atoms with Gasteiger partial charge in [0.2, 0.25) is 0 Å². The molecule has 0 spiro atoms. The Labute approximate surface area is 122 Å². The molecule has 0 N–H and O–H groups in total. The van der Waals surface area contributed by atoms with Crippen LogP contribution in [-0.2, 0) is 16.0 Å². The Morgan fingerprint density at radius 2 is 1.90 bits per heavy atom. The lowest BCUT2D eigenvalue weighted by Gasteiger charge is -2.08. The van der Waals surface area contributed by atoms with Crippen molar-refractivity contribution in [3.8, 4) is 0 Å². The maximum Gasteiger partial charge on any atom is 0.302 e. The molecule has 110 valence electrons. The van der Waals surface area contributed by atoms with Crippen molar-refractivity contribution in [2.75, 3.05) is 6.61 Å². The second-order valence-electron chi connectivity index (χ2n) is 5.15. The van der Waals surface area contributed by atoms with E-state index in [1.807, 2.05) is 18.2 Å². The highest BCUT2D eigenvalue weighted by molar-refractivity contribution is 5.66. The maximum absolute atomic E-state index is 11.0. The van der Waals surface area contributed by atoms with Crippen LogP contribution < -0.4 is 0 Å². The molecule has 0 amide bonds. The van der Waals surface area contributed by atoms with Gasteiger partial charge in [0.15, 0.2) is 0 Å². The predicted molar refractivity (Wildman–Crippen MR) is 83.6 cm³/mol. The van der Waals surface area contributed by atoms with Gasteiger partial charge in [0.05, 0.1) is 0 Å². The summed E-state index contributed by atoms with van der Waals surface area (Å²) in [6.07, 6.45) is 9.22. The highest BCUT2D eigenvalue weighted by atomic mass is 16.5. The molecular formula is C18H26O2. The maximum atomic E-state index is 11.0. The number of unbranched alkanes of at least 4 members (excludes halogenated alkanes) is 4. The third kappa shape index (κ3) is 7.78. The summed E-state index contributed by atoms with van der Waals surface area (Å²) in [4.78, 5) is 11.0. The van der Waals surface area contributed by atoms with Crippen molar-refractivity contribution >= 4 is 5.97 Å². The molecule has 0 fully saturated rings. The molecule has 0 bridgehead atoms. The first-order valence-corrected chi connectivity index (χ1v) is 7.57. The summed E-state index contributed by atoms with van der Waals surface area (Å²) in [5.74, 6) is -0.213. The number of hydrogen-bond donors (Lipinski definition) is 0. The fourth-order valence-electron chi connectivity index (χ4n) is 2.11. The van der Waals surface area contributed by atoms with Crippen LogP contribution in [0.15, 0.2) is 42.0 Å². The number of ether oxygens (including phenoxy) is 1. The number of allylic oxidation sites excluding steroid dienone is 1. The van der Waals surface area contributed by atoms with Gasteiger partial charge in [-0.3, -0.25) is 4.79 Å². The Morgan fingerprint density at radius 3 is 2.55 bits per heavy atom. The molecule has 0 saturated heterocycles. The van der Waals surface area contributed by atoms with Crippen LogP contribution in [0.5, 0.6) is 0 Å². The summed E-state index contributed by atoms with van der Waals surface area (Å²) < 4.78 is 5.15. The Bertz CT molecular complexity index is 407. The topological polar surface area (TPSA) is 26.3 Å². The normalized spacial score (nSPS) is 11.4. The lowest BCUT2D eigenvalue weighted by molar-refractivity contribution is -0.140. The average molecular weight is 274 g/mol. The number of hydrogen-bond acceptors (Lipinski definition) is 2. The second kappa shape index (κ2) is 10.2. The van der Waals surface area contributed by atoms with Gasteiger partial charge in [0.1, 0.15) is 6.61 Å². The minimum atomic E-state index is -0.213. The van der Waals surface area contributed by atoms with E-state index in [1.54, 1.807) is 0 Å². The van der Waals surface area contributed by atoms with Crippen LogP contribution in [0.2, 0.25) is 0 Å². The predicted octanol–water partition coefficient (Wildman–Crippen LogP) is 4.69. The number of benzene rings is 1. The van der Waals surface area contributed by atoms with Crippen LogP contribution in [0.3, 0.4) is 0 Å². The van der Waals surface area contributed by atoms with Gasteiger partial charge < -0.3 is 4.74 Å². The molecule has 2 nitrogen and oxygen atoms in total. The minimum Gasteiger partial charge on any atom is -0.461 e. The van der Waals surface area contributed by atoms with Crippen LogP contribution in [0, 0.1) is 0 Å². The first-order chi connectivity index (χ1) is 9.72. The molecule has 0 saturated carbocycles. The van der Waals surface area contributed by atoms with Crippen molar-refractivity contribution in [1.82, 2.24) is 0 Å². The van der Waals surface area contributed by atoms with Gasteiger partial charge >= 0.3 is 5.97 Å². The van der Waals surface area contributed by atoms with Crippen molar-refractivity contribution < 1.29 is 9.53 Å². The molecule has 0 unspecified atom stereocenters. The van der Waals surface area contributed by atoms with E-state index >= 15 is 0 Å². The summed E-state index contributed by atoms with van der Waals surface area (Å²) in [7, 11) is 0. The van der Waals surface area contributed by atoms with Gasteiger partial charge in [-0.25, -0.2) is 0 Å². The quantitative estimate of drug-likeness (QED) is 0.371. The van der Waals surface area contributed by atoms with Gasteiger partial charge in [-0.15, -0.1) is 0 Å². The molecule has 0 atom stereocenters. The largest absolute Gasteiger partial charge is 0.461 e. The smallest absolute Gasteiger partial charge is 0.302 e. The van der Waals surface area contributed by atoms with Gasteiger partial charge in [-0.2, -0.15) is 0 Å². The molecule has 0 aliphatic heterocycles. The van der Waals surface area contributed by atoms with Crippen molar-refractivity contribution in [1.29, 1.82) is 0 Å². The zero-order chi connectivity index (χ0) is 14.6. The fraction of sp³-hybridized carbons (Fsp3) is 0.500. The zero-order valence-electron chi connectivity index (χ0n) is 12.7. The van der Waals surface area contributed by atoms with Crippen molar-refractivity contribution in [2.45, 2.75) is 52.4 Å². The monoisotopic (exact) mass is 274 g/mol. The molecule has 0 aromatic heterocycles. The Hall–Kier alpha value is -1.57. The highest BCUT2D eigenvalue weighted by Crippen LogP contribution is 2.12. The molecule has 1 aromatic rings. The molecular weight excluding hydrogens is 248 g/mol. The second-order valence-corrected chi connectivity index (χ2v) is 5.15. The van der Waals surface area contributed by atoms with E-state index in [4.69, 9.17) is 4.74 Å². The Morgan fingerprint density at radius 1 is 1.15 bits per heavy atom. The standard InChI is InChI=1S/C18H26O2/c1-3-4-5-6-8-13-18(15-20-16(2)19)14-17-11-9-7-10-12-17/h7,9-13H,3-6,8,14-15H2,1-2H3/b18-13+. The third-order valence-corrected chi connectivity index (χ3v) is 3.23. The molecule has 1 aromatic carbocycles.